The zero-order chi connectivity index (χ0) is 29.5. The molecule has 0 saturated heterocycles. The van der Waals surface area contributed by atoms with Gasteiger partial charge in [-0.25, -0.2) is 9.78 Å². The molecular formula is C27H26ClN9O5. The Morgan fingerprint density at radius 2 is 2.12 bits per heavy atom. The lowest BCUT2D eigenvalue weighted by molar-refractivity contribution is -0.117. The average molecular weight is 592 g/mol. The number of carbonyl (C=O) groups excluding carboxylic acids is 3. The van der Waals surface area contributed by atoms with Gasteiger partial charge in [-0.3, -0.25) is 14.9 Å². The van der Waals surface area contributed by atoms with Crippen LogP contribution in [-0.4, -0.2) is 68.4 Å². The highest BCUT2D eigenvalue weighted by Gasteiger charge is 2.21. The van der Waals surface area contributed by atoms with Crippen LogP contribution in [0, 0.1) is 0 Å². The number of aromatic amines is 1. The Balaban J connectivity index is 1.39. The van der Waals surface area contributed by atoms with Crippen LogP contribution in [0.3, 0.4) is 0 Å². The van der Waals surface area contributed by atoms with E-state index in [0.717, 1.165) is 0 Å². The molecule has 4 aromatic rings. The Bertz CT molecular complexity index is 1620. The molecule has 2 aromatic carbocycles. The molecule has 2 bridgehead atoms. The predicted octanol–water partition coefficient (Wildman–Crippen LogP) is 3.50. The number of amides is 3. The first kappa shape index (κ1) is 28.4. The molecule has 0 fully saturated rings. The normalized spacial score (nSPS) is 15.5. The van der Waals surface area contributed by atoms with Crippen molar-refractivity contribution in [3.05, 3.63) is 71.4 Å². The van der Waals surface area contributed by atoms with Crippen LogP contribution in [0.5, 0.6) is 0 Å². The first-order valence-corrected chi connectivity index (χ1v) is 13.2. The molecule has 1 atom stereocenters. The predicted molar refractivity (Wildman–Crippen MR) is 153 cm³/mol. The molecule has 15 heteroatoms. The fourth-order valence-electron chi connectivity index (χ4n) is 4.23. The molecule has 0 spiro atoms. The van der Waals surface area contributed by atoms with Crippen LogP contribution in [0.4, 0.5) is 16.2 Å². The summed E-state index contributed by atoms with van der Waals surface area (Å²) < 4.78 is 11.9. The standard InChI is InChI=1S/C27H26ClN9O5/c1-41-27(40)31-18-6-7-19-20(12-18)32-24(38)3-2-10-42-14-22(26-29-13-21(19)34-26)33-25(39)9-4-16-11-17(28)5-8-23(16)37-15-30-35-36-37/h4-9,11-13,15,22H,2-3,10,14H2,1H3,(H,29,34)(H,31,40)(H,32,38)(H,33,39)/b9-4+. The third-order valence-corrected chi connectivity index (χ3v) is 6.46. The monoisotopic (exact) mass is 591 g/mol. The molecule has 3 amide bonds. The number of anilines is 2. The van der Waals surface area contributed by atoms with Gasteiger partial charge in [0.05, 0.1) is 30.8 Å². The van der Waals surface area contributed by atoms with Crippen molar-refractivity contribution >= 4 is 47.0 Å². The van der Waals surface area contributed by atoms with E-state index < -0.39 is 18.0 Å². The molecule has 0 saturated carbocycles. The third kappa shape index (κ3) is 6.97. The summed E-state index contributed by atoms with van der Waals surface area (Å²) in [6, 6.07) is 9.53. The largest absolute Gasteiger partial charge is 0.453 e. The van der Waals surface area contributed by atoms with Gasteiger partial charge >= 0.3 is 6.09 Å². The first-order chi connectivity index (χ1) is 20.4. The van der Waals surface area contributed by atoms with E-state index in [1.54, 1.807) is 48.7 Å². The number of methoxy groups -OCH3 is 1. The van der Waals surface area contributed by atoms with Gasteiger partial charge in [0.1, 0.15) is 18.2 Å². The number of aromatic nitrogens is 6. The lowest BCUT2D eigenvalue weighted by Crippen LogP contribution is -2.31. The van der Waals surface area contributed by atoms with Gasteiger partial charge in [-0.05, 0) is 59.3 Å². The fourth-order valence-corrected chi connectivity index (χ4v) is 4.41. The summed E-state index contributed by atoms with van der Waals surface area (Å²) in [5, 5.41) is 20.1. The van der Waals surface area contributed by atoms with Crippen LogP contribution in [-0.2, 0) is 19.1 Å². The van der Waals surface area contributed by atoms with Gasteiger partial charge < -0.3 is 25.1 Å². The highest BCUT2D eigenvalue weighted by Crippen LogP contribution is 2.31. The van der Waals surface area contributed by atoms with Crippen molar-refractivity contribution in [3.8, 4) is 16.9 Å². The van der Waals surface area contributed by atoms with Gasteiger partial charge in [-0.2, -0.15) is 4.68 Å². The number of H-pyrrole nitrogens is 1. The minimum Gasteiger partial charge on any atom is -0.453 e. The quantitative estimate of drug-likeness (QED) is 0.253. The molecule has 14 nitrogen and oxygen atoms in total. The van der Waals surface area contributed by atoms with E-state index in [4.69, 9.17) is 16.3 Å². The molecule has 216 valence electrons. The highest BCUT2D eigenvalue weighted by atomic mass is 35.5. The summed E-state index contributed by atoms with van der Waals surface area (Å²) >= 11 is 6.18. The number of benzene rings is 2. The molecule has 3 heterocycles. The number of halogens is 1. The molecule has 0 aliphatic carbocycles. The van der Waals surface area contributed by atoms with Crippen LogP contribution in [0.1, 0.15) is 30.3 Å². The van der Waals surface area contributed by atoms with Crippen molar-refractivity contribution in [2.24, 2.45) is 0 Å². The van der Waals surface area contributed by atoms with E-state index in [-0.39, 0.29) is 25.5 Å². The van der Waals surface area contributed by atoms with Crippen LogP contribution >= 0.6 is 11.6 Å². The zero-order valence-corrected chi connectivity index (χ0v) is 23.1. The topological polar surface area (TPSA) is 178 Å². The van der Waals surface area contributed by atoms with Crippen molar-refractivity contribution in [3.63, 3.8) is 0 Å². The molecule has 1 aliphatic heterocycles. The summed E-state index contributed by atoms with van der Waals surface area (Å²) in [6.45, 7) is 0.411. The van der Waals surface area contributed by atoms with Gasteiger partial charge in [-0.15, -0.1) is 5.10 Å². The second kappa shape index (κ2) is 13.1. The maximum absolute atomic E-state index is 13.0. The zero-order valence-electron chi connectivity index (χ0n) is 22.3. The van der Waals surface area contributed by atoms with E-state index >= 15 is 0 Å². The van der Waals surface area contributed by atoms with Gasteiger partial charge in [0.2, 0.25) is 11.8 Å². The molecule has 1 unspecified atom stereocenters. The molecular weight excluding hydrogens is 566 g/mol. The number of imidazole rings is 1. The number of tetrazole rings is 1. The number of fused-ring (bicyclic) bond motifs is 4. The average Bonchev–Trinajstić information content (AvgIpc) is 3.68. The summed E-state index contributed by atoms with van der Waals surface area (Å²) in [6.07, 6.45) is 6.12. The fraction of sp³-hybridized carbons (Fsp3) is 0.222. The smallest absolute Gasteiger partial charge is 0.411 e. The lowest BCUT2D eigenvalue weighted by atomic mass is 10.1. The van der Waals surface area contributed by atoms with E-state index in [9.17, 15) is 14.4 Å². The highest BCUT2D eigenvalue weighted by molar-refractivity contribution is 6.30. The van der Waals surface area contributed by atoms with Crippen molar-refractivity contribution < 1.29 is 23.9 Å². The summed E-state index contributed by atoms with van der Waals surface area (Å²) in [5.41, 5.74) is 3.29. The number of ether oxygens (including phenoxy) is 2. The van der Waals surface area contributed by atoms with Gasteiger partial charge in [-0.1, -0.05) is 11.6 Å². The second-order valence-electron chi connectivity index (χ2n) is 9.13. The molecule has 5 rings (SSSR count). The molecule has 2 aromatic heterocycles. The Hall–Kier alpha value is -5.08. The Labute approximate surface area is 244 Å². The minimum atomic E-state index is -0.639. The summed E-state index contributed by atoms with van der Waals surface area (Å²) in [4.78, 5) is 45.1. The van der Waals surface area contributed by atoms with Crippen LogP contribution in [0.2, 0.25) is 5.02 Å². The molecule has 0 radical (unpaired) electrons. The van der Waals surface area contributed by atoms with Gasteiger partial charge in [0.15, 0.2) is 0 Å². The maximum Gasteiger partial charge on any atom is 0.411 e. The summed E-state index contributed by atoms with van der Waals surface area (Å²) in [7, 11) is 1.26. The van der Waals surface area contributed by atoms with Gasteiger partial charge in [0, 0.05) is 47.1 Å². The van der Waals surface area contributed by atoms with Crippen LogP contribution < -0.4 is 16.0 Å². The number of rotatable bonds is 5. The van der Waals surface area contributed by atoms with E-state index in [1.807, 2.05) is 0 Å². The molecule has 4 N–H and O–H groups in total. The molecule has 1 aliphatic rings. The number of hydrogen-bond donors (Lipinski definition) is 4. The number of hydrogen-bond acceptors (Lipinski definition) is 9. The van der Waals surface area contributed by atoms with E-state index in [1.165, 1.54) is 24.2 Å². The van der Waals surface area contributed by atoms with Gasteiger partial charge in [0.25, 0.3) is 0 Å². The third-order valence-electron chi connectivity index (χ3n) is 6.22. The first-order valence-electron chi connectivity index (χ1n) is 12.8. The molecule has 42 heavy (non-hydrogen) atoms. The van der Waals surface area contributed by atoms with Crippen molar-refractivity contribution in [2.45, 2.75) is 18.9 Å². The van der Waals surface area contributed by atoms with E-state index in [0.29, 0.717) is 51.2 Å². The minimum absolute atomic E-state index is 0.121. The van der Waals surface area contributed by atoms with Crippen LogP contribution in [0.25, 0.3) is 23.0 Å². The Morgan fingerprint density at radius 1 is 1.24 bits per heavy atom. The number of nitrogens with one attached hydrogen (secondary N) is 4. The SMILES string of the molecule is COC(=O)Nc1ccc2c(c1)NC(=O)CCCOCC(NC(=O)/C=C/c1cc(Cl)ccc1-n1cnnn1)c1nc-2c[nH]1. The van der Waals surface area contributed by atoms with Crippen molar-refractivity contribution in [1.82, 2.24) is 35.5 Å². The number of carbonyl (C=O) groups is 3. The van der Waals surface area contributed by atoms with Crippen molar-refractivity contribution in [2.75, 3.05) is 31.0 Å². The van der Waals surface area contributed by atoms with E-state index in [2.05, 4.69) is 46.2 Å². The lowest BCUT2D eigenvalue weighted by Gasteiger charge is -2.16. The maximum atomic E-state index is 13.0. The summed E-state index contributed by atoms with van der Waals surface area (Å²) in [5.74, 6) is -0.163. The Morgan fingerprint density at radius 3 is 2.93 bits per heavy atom. The van der Waals surface area contributed by atoms with Crippen LogP contribution in [0.15, 0.2) is 55.0 Å². The van der Waals surface area contributed by atoms with Crippen molar-refractivity contribution in [1.29, 1.82) is 0 Å². The second-order valence-corrected chi connectivity index (χ2v) is 9.56. The Kier molecular flexibility index (Phi) is 8.84. The number of nitrogens with zero attached hydrogens (tertiary/aromatic N) is 5.